The van der Waals surface area contributed by atoms with E-state index in [0.29, 0.717) is 5.69 Å². The Morgan fingerprint density at radius 2 is 2.00 bits per heavy atom. The largest absolute Gasteiger partial charge is 0.493 e. The van der Waals surface area contributed by atoms with E-state index in [2.05, 4.69) is 29.3 Å². The number of thiocarbonyl (C=S) groups is 1. The van der Waals surface area contributed by atoms with Gasteiger partial charge in [-0.2, -0.15) is 0 Å². The van der Waals surface area contributed by atoms with E-state index in [4.69, 9.17) is 18.0 Å². The third kappa shape index (κ3) is 2.02. The van der Waals surface area contributed by atoms with Crippen LogP contribution in [-0.2, 0) is 5.54 Å². The van der Waals surface area contributed by atoms with Crippen LogP contribution in [0.15, 0.2) is 28.4 Å². The molecule has 1 aromatic heterocycles. The Bertz CT molecular complexity index is 874. The lowest BCUT2D eigenvalue weighted by Crippen LogP contribution is -2.26. The Morgan fingerprint density at radius 3 is 2.64 bits per heavy atom. The molecule has 3 rings (SSSR count). The van der Waals surface area contributed by atoms with Gasteiger partial charge in [0, 0.05) is 10.9 Å². The van der Waals surface area contributed by atoms with Crippen molar-refractivity contribution < 1.29 is 5.11 Å². The fraction of sp³-hybridized carbons (Fsp3) is 0.312. The van der Waals surface area contributed by atoms with E-state index in [1.54, 1.807) is 0 Å². The minimum Gasteiger partial charge on any atom is -0.493 e. The second-order valence-electron chi connectivity index (χ2n) is 6.24. The fourth-order valence-electron chi connectivity index (χ4n) is 3.26. The summed E-state index contributed by atoms with van der Waals surface area (Å²) in [4.78, 5) is 0. The molecule has 0 atom stereocenters. The zero-order valence-corrected chi connectivity index (χ0v) is 13.8. The molecule has 6 heteroatoms. The number of aromatic hydroxyl groups is 1. The minimum absolute atomic E-state index is 0.0587. The van der Waals surface area contributed by atoms with Crippen LogP contribution < -0.4 is 5.73 Å². The standard InChI is InChI=1S/C16H18N4OS/c1-8-5-10-9(2)7-16(3,4)20-13(10)11(6-8)12(14(20)21)18-19-15(17)22/h5-7,21H,1-4H3,(H2,17,22). The molecule has 0 saturated heterocycles. The van der Waals surface area contributed by atoms with Crippen LogP contribution >= 0.6 is 12.2 Å². The molecule has 0 bridgehead atoms. The van der Waals surface area contributed by atoms with Gasteiger partial charge in [0.2, 0.25) is 11.0 Å². The molecule has 5 nitrogen and oxygen atoms in total. The van der Waals surface area contributed by atoms with Crippen molar-refractivity contribution in [2.75, 3.05) is 0 Å². The SMILES string of the molecule is CC1=CC(C)(C)n2c(O)c(N=NC(N)=S)c3cc(C)cc1c32. The average Bonchev–Trinajstić information content (AvgIpc) is 2.66. The number of allylic oxidation sites excluding steroid dienone is 2. The molecule has 1 aliphatic rings. The van der Waals surface area contributed by atoms with E-state index >= 15 is 0 Å². The summed E-state index contributed by atoms with van der Waals surface area (Å²) in [7, 11) is 0. The summed E-state index contributed by atoms with van der Waals surface area (Å²) in [6.45, 7) is 8.20. The first-order chi connectivity index (χ1) is 10.2. The zero-order chi connectivity index (χ0) is 16.2. The second-order valence-corrected chi connectivity index (χ2v) is 6.65. The second kappa shape index (κ2) is 4.64. The van der Waals surface area contributed by atoms with Crippen LogP contribution in [-0.4, -0.2) is 14.8 Å². The van der Waals surface area contributed by atoms with Crippen molar-refractivity contribution in [1.82, 2.24) is 4.57 Å². The zero-order valence-electron chi connectivity index (χ0n) is 13.0. The van der Waals surface area contributed by atoms with Crippen LogP contribution in [0.4, 0.5) is 5.69 Å². The highest BCUT2D eigenvalue weighted by Gasteiger charge is 2.32. The molecule has 2 aromatic rings. The predicted octanol–water partition coefficient (Wildman–Crippen LogP) is 4.13. The first kappa shape index (κ1) is 14.7. The highest BCUT2D eigenvalue weighted by Crippen LogP contribution is 2.48. The van der Waals surface area contributed by atoms with Crippen molar-refractivity contribution >= 4 is 39.5 Å². The van der Waals surface area contributed by atoms with Crippen molar-refractivity contribution in [3.05, 3.63) is 29.3 Å². The molecule has 0 saturated carbocycles. The minimum atomic E-state index is -0.355. The van der Waals surface area contributed by atoms with Gasteiger partial charge in [0.25, 0.3) is 0 Å². The van der Waals surface area contributed by atoms with Gasteiger partial charge in [-0.25, -0.2) is 0 Å². The molecule has 114 valence electrons. The number of rotatable bonds is 1. The Balaban J connectivity index is 2.46. The number of aromatic nitrogens is 1. The number of azo groups is 1. The van der Waals surface area contributed by atoms with Crippen molar-refractivity contribution in [3.8, 4) is 5.88 Å². The quantitative estimate of drug-likeness (QED) is 0.613. The molecule has 0 spiro atoms. The maximum Gasteiger partial charge on any atom is 0.221 e. The molecule has 3 N–H and O–H groups in total. The number of hydrogen-bond acceptors (Lipinski definition) is 3. The highest BCUT2D eigenvalue weighted by atomic mass is 32.1. The van der Waals surface area contributed by atoms with Crippen molar-refractivity contribution in [2.24, 2.45) is 16.0 Å². The number of benzene rings is 1. The summed E-state index contributed by atoms with van der Waals surface area (Å²) in [6, 6.07) is 4.12. The van der Waals surface area contributed by atoms with Crippen LogP contribution in [0.3, 0.4) is 0 Å². The third-order valence-electron chi connectivity index (χ3n) is 3.98. The van der Waals surface area contributed by atoms with Gasteiger partial charge in [0.15, 0.2) is 5.69 Å². The van der Waals surface area contributed by atoms with Crippen molar-refractivity contribution in [1.29, 1.82) is 0 Å². The molecule has 2 heterocycles. The van der Waals surface area contributed by atoms with Crippen LogP contribution in [0.1, 0.15) is 31.9 Å². The summed E-state index contributed by atoms with van der Waals surface area (Å²) in [5, 5.41) is 19.3. The Labute approximate surface area is 134 Å². The fourth-order valence-corrected chi connectivity index (χ4v) is 3.31. The molecule has 0 unspecified atom stereocenters. The highest BCUT2D eigenvalue weighted by molar-refractivity contribution is 7.80. The molecular formula is C16H18N4OS. The van der Waals surface area contributed by atoms with Crippen LogP contribution in [0.5, 0.6) is 5.88 Å². The maximum atomic E-state index is 10.7. The van der Waals surface area contributed by atoms with Gasteiger partial charge in [0.05, 0.1) is 11.1 Å². The van der Waals surface area contributed by atoms with E-state index in [-0.39, 0.29) is 16.5 Å². The van der Waals surface area contributed by atoms with E-state index in [1.807, 2.05) is 31.4 Å². The number of aryl methyl sites for hydroxylation is 1. The number of nitrogens with zero attached hydrogens (tertiary/aromatic N) is 3. The first-order valence-corrected chi connectivity index (χ1v) is 7.42. The number of hydrogen-bond donors (Lipinski definition) is 2. The van der Waals surface area contributed by atoms with E-state index in [0.717, 1.165) is 22.0 Å². The predicted molar refractivity (Wildman–Crippen MR) is 92.6 cm³/mol. The van der Waals surface area contributed by atoms with Crippen LogP contribution in [0.25, 0.3) is 16.5 Å². The van der Waals surface area contributed by atoms with Gasteiger partial charge in [-0.1, -0.05) is 6.08 Å². The molecule has 1 aliphatic heterocycles. The third-order valence-corrected chi connectivity index (χ3v) is 4.06. The van der Waals surface area contributed by atoms with Gasteiger partial charge in [-0.3, -0.25) is 0 Å². The van der Waals surface area contributed by atoms with Gasteiger partial charge in [0.1, 0.15) is 0 Å². The Kier molecular flexibility index (Phi) is 3.11. The van der Waals surface area contributed by atoms with Crippen LogP contribution in [0, 0.1) is 6.92 Å². The van der Waals surface area contributed by atoms with Crippen molar-refractivity contribution in [3.63, 3.8) is 0 Å². The molecular weight excluding hydrogens is 296 g/mol. The van der Waals surface area contributed by atoms with Gasteiger partial charge in [-0.05, 0) is 63.2 Å². The molecule has 0 aliphatic carbocycles. The summed E-state index contributed by atoms with van der Waals surface area (Å²) < 4.78 is 1.89. The lowest BCUT2D eigenvalue weighted by atomic mass is 9.91. The number of nitrogens with two attached hydrogens (primary N) is 1. The molecule has 1 aromatic carbocycles. The summed E-state index contributed by atoms with van der Waals surface area (Å²) in [5.74, 6) is 0.0793. The van der Waals surface area contributed by atoms with Crippen molar-refractivity contribution in [2.45, 2.75) is 33.2 Å². The molecule has 0 radical (unpaired) electrons. The van der Waals surface area contributed by atoms with Gasteiger partial charge in [-0.15, -0.1) is 10.2 Å². The van der Waals surface area contributed by atoms with E-state index in [9.17, 15) is 5.11 Å². The average molecular weight is 314 g/mol. The molecule has 0 amide bonds. The topological polar surface area (TPSA) is 75.9 Å². The summed E-state index contributed by atoms with van der Waals surface area (Å²) in [5.41, 5.74) is 9.78. The summed E-state index contributed by atoms with van der Waals surface area (Å²) >= 11 is 4.74. The monoisotopic (exact) mass is 314 g/mol. The smallest absolute Gasteiger partial charge is 0.221 e. The molecule has 22 heavy (non-hydrogen) atoms. The lowest BCUT2D eigenvalue weighted by Gasteiger charge is -2.31. The van der Waals surface area contributed by atoms with E-state index < -0.39 is 0 Å². The first-order valence-electron chi connectivity index (χ1n) is 7.02. The Hall–Kier alpha value is -2.21. The normalized spacial score (nSPS) is 16.3. The maximum absolute atomic E-state index is 10.7. The van der Waals surface area contributed by atoms with Crippen LogP contribution in [0.2, 0.25) is 0 Å². The Morgan fingerprint density at radius 1 is 1.32 bits per heavy atom. The molecule has 0 fully saturated rings. The van der Waals surface area contributed by atoms with Gasteiger partial charge < -0.3 is 15.4 Å². The van der Waals surface area contributed by atoms with Gasteiger partial charge >= 0.3 is 0 Å². The summed E-state index contributed by atoms with van der Waals surface area (Å²) in [6.07, 6.45) is 2.14. The van der Waals surface area contributed by atoms with E-state index in [1.165, 1.54) is 5.57 Å². The lowest BCUT2D eigenvalue weighted by molar-refractivity contribution is 0.362.